The summed E-state index contributed by atoms with van der Waals surface area (Å²) in [5, 5.41) is 5.25. The summed E-state index contributed by atoms with van der Waals surface area (Å²) in [5.74, 6) is -0.307. The number of benzene rings is 1. The van der Waals surface area contributed by atoms with Crippen molar-refractivity contribution in [2.45, 2.75) is 39.7 Å². The van der Waals surface area contributed by atoms with E-state index in [1.54, 1.807) is 39.8 Å². The van der Waals surface area contributed by atoms with Crippen LogP contribution in [0.5, 0.6) is 0 Å². The molecule has 0 spiro atoms. The first-order valence-electron chi connectivity index (χ1n) is 7.55. The van der Waals surface area contributed by atoms with E-state index in [1.807, 2.05) is 0 Å². The Balaban J connectivity index is 0. The Morgan fingerprint density at radius 3 is 2.44 bits per heavy atom. The number of nitrogens with zero attached hydrogens (tertiary/aromatic N) is 1. The number of carbonyl (C=O) groups is 1. The van der Waals surface area contributed by atoms with Crippen LogP contribution in [0.15, 0.2) is 23.2 Å². The van der Waals surface area contributed by atoms with Crippen LogP contribution in [0.2, 0.25) is 0 Å². The summed E-state index contributed by atoms with van der Waals surface area (Å²) >= 11 is 0. The maximum Gasteiger partial charge on any atom is 0.414 e. The number of ether oxygens (including phenoxy) is 1. The Morgan fingerprint density at radius 1 is 1.32 bits per heavy atom. The summed E-state index contributed by atoms with van der Waals surface area (Å²) in [4.78, 5) is 15.9. The Labute approximate surface area is 160 Å². The second-order valence-electron chi connectivity index (χ2n) is 5.93. The molecule has 4 N–H and O–H groups in total. The average molecular weight is 397 g/mol. The van der Waals surface area contributed by atoms with Gasteiger partial charge in [0.05, 0.1) is 5.69 Å². The van der Waals surface area contributed by atoms with Crippen LogP contribution in [0.3, 0.4) is 0 Å². The molecular formula is C16H27Cl2FN4O2. The van der Waals surface area contributed by atoms with Crippen molar-refractivity contribution in [2.75, 3.05) is 18.4 Å². The van der Waals surface area contributed by atoms with Crippen molar-refractivity contribution in [3.63, 3.8) is 0 Å². The Bertz CT molecular complexity index is 578. The average Bonchev–Trinajstić information content (AvgIpc) is 2.40. The summed E-state index contributed by atoms with van der Waals surface area (Å²) in [6.45, 7) is 7.95. The third-order valence-corrected chi connectivity index (χ3v) is 2.66. The predicted octanol–water partition coefficient (Wildman–Crippen LogP) is 3.48. The Morgan fingerprint density at radius 2 is 1.96 bits per heavy atom. The zero-order chi connectivity index (χ0) is 17.5. The van der Waals surface area contributed by atoms with Crippen molar-refractivity contribution in [3.05, 3.63) is 29.6 Å². The fourth-order valence-corrected chi connectivity index (χ4v) is 1.78. The summed E-state index contributed by atoms with van der Waals surface area (Å²) in [5.41, 5.74) is 5.85. The Kier molecular flexibility index (Phi) is 12.2. The number of alkyl carbamates (subject to hydrolysis) is 1. The van der Waals surface area contributed by atoms with Crippen LogP contribution in [-0.2, 0) is 11.2 Å². The SMILES string of the molecule is CC/N=C(/NC(=O)OC(C)(C)C)Nc1ccc(CCN)cc1F.Cl.Cl. The number of guanidine groups is 1. The Hall–Kier alpha value is -1.57. The number of nitrogens with one attached hydrogen (secondary N) is 2. The molecule has 0 heterocycles. The first kappa shape index (κ1) is 25.7. The van der Waals surface area contributed by atoms with Gasteiger partial charge in [-0.15, -0.1) is 24.8 Å². The molecule has 1 aromatic carbocycles. The molecule has 0 atom stereocenters. The van der Waals surface area contributed by atoms with Crippen LogP contribution in [0.25, 0.3) is 0 Å². The van der Waals surface area contributed by atoms with Crippen molar-refractivity contribution >= 4 is 42.6 Å². The van der Waals surface area contributed by atoms with Crippen molar-refractivity contribution in [3.8, 4) is 0 Å². The number of amides is 1. The maximum atomic E-state index is 14.1. The largest absolute Gasteiger partial charge is 0.444 e. The molecule has 0 fully saturated rings. The highest BCUT2D eigenvalue weighted by Gasteiger charge is 2.18. The van der Waals surface area contributed by atoms with Gasteiger partial charge in [-0.1, -0.05) is 6.07 Å². The van der Waals surface area contributed by atoms with E-state index in [-0.39, 0.29) is 36.5 Å². The number of rotatable bonds is 4. The molecule has 1 aromatic rings. The molecule has 0 aliphatic carbocycles. The van der Waals surface area contributed by atoms with Crippen molar-refractivity contribution in [1.82, 2.24) is 5.32 Å². The monoisotopic (exact) mass is 396 g/mol. The quantitative estimate of drug-likeness (QED) is 0.536. The zero-order valence-corrected chi connectivity index (χ0v) is 16.5. The molecule has 144 valence electrons. The molecule has 0 aromatic heterocycles. The summed E-state index contributed by atoms with van der Waals surface area (Å²) in [6.07, 6.45) is -0.0548. The van der Waals surface area contributed by atoms with Crippen LogP contribution < -0.4 is 16.4 Å². The molecule has 0 aliphatic rings. The van der Waals surface area contributed by atoms with Crippen LogP contribution in [0, 0.1) is 5.82 Å². The molecule has 25 heavy (non-hydrogen) atoms. The van der Waals surface area contributed by atoms with Crippen LogP contribution in [0.4, 0.5) is 14.9 Å². The number of halogens is 3. The van der Waals surface area contributed by atoms with Crippen molar-refractivity contribution in [1.29, 1.82) is 0 Å². The lowest BCUT2D eigenvalue weighted by Crippen LogP contribution is -2.40. The number of nitrogens with two attached hydrogens (primary N) is 1. The van der Waals surface area contributed by atoms with Crippen molar-refractivity contribution in [2.24, 2.45) is 10.7 Å². The molecule has 6 nitrogen and oxygen atoms in total. The van der Waals surface area contributed by atoms with Gasteiger partial charge in [-0.2, -0.15) is 0 Å². The smallest absolute Gasteiger partial charge is 0.414 e. The highest BCUT2D eigenvalue weighted by molar-refractivity contribution is 6.02. The van der Waals surface area contributed by atoms with Gasteiger partial charge in [-0.25, -0.2) is 9.18 Å². The summed E-state index contributed by atoms with van der Waals surface area (Å²) in [6, 6.07) is 4.77. The lowest BCUT2D eigenvalue weighted by Gasteiger charge is -2.20. The van der Waals surface area contributed by atoms with Gasteiger partial charge in [-0.05, 0) is 58.4 Å². The first-order chi connectivity index (χ1) is 10.7. The fraction of sp³-hybridized carbons (Fsp3) is 0.500. The molecule has 1 rings (SSSR count). The van der Waals surface area contributed by atoms with E-state index in [9.17, 15) is 9.18 Å². The minimum Gasteiger partial charge on any atom is -0.444 e. The molecule has 0 bridgehead atoms. The minimum absolute atomic E-state index is 0. The topological polar surface area (TPSA) is 88.7 Å². The summed E-state index contributed by atoms with van der Waals surface area (Å²) in [7, 11) is 0. The highest BCUT2D eigenvalue weighted by Crippen LogP contribution is 2.16. The van der Waals surface area contributed by atoms with Gasteiger partial charge >= 0.3 is 6.09 Å². The van der Waals surface area contributed by atoms with Crippen LogP contribution in [0.1, 0.15) is 33.3 Å². The molecule has 0 radical (unpaired) electrons. The van der Waals surface area contributed by atoms with Gasteiger partial charge < -0.3 is 15.8 Å². The third-order valence-electron chi connectivity index (χ3n) is 2.66. The number of anilines is 1. The fourth-order valence-electron chi connectivity index (χ4n) is 1.78. The van der Waals surface area contributed by atoms with E-state index in [1.165, 1.54) is 6.07 Å². The van der Waals surface area contributed by atoms with Gasteiger partial charge in [0.1, 0.15) is 11.4 Å². The summed E-state index contributed by atoms with van der Waals surface area (Å²) < 4.78 is 19.2. The zero-order valence-electron chi connectivity index (χ0n) is 14.9. The molecule has 0 saturated heterocycles. The number of carbonyl (C=O) groups excluding carboxylic acids is 1. The van der Waals surface area contributed by atoms with E-state index in [4.69, 9.17) is 10.5 Å². The third kappa shape index (κ3) is 10.1. The molecule has 0 unspecified atom stereocenters. The molecule has 1 amide bonds. The minimum atomic E-state index is -0.655. The highest BCUT2D eigenvalue weighted by atomic mass is 35.5. The van der Waals surface area contributed by atoms with Gasteiger partial charge in [0, 0.05) is 6.54 Å². The van der Waals surface area contributed by atoms with E-state index in [0.29, 0.717) is 19.5 Å². The van der Waals surface area contributed by atoms with Gasteiger partial charge in [0.25, 0.3) is 0 Å². The van der Waals surface area contributed by atoms with E-state index in [0.717, 1.165) is 5.56 Å². The van der Waals surface area contributed by atoms with Crippen molar-refractivity contribution < 1.29 is 13.9 Å². The van der Waals surface area contributed by atoms with E-state index in [2.05, 4.69) is 15.6 Å². The molecule has 0 aliphatic heterocycles. The van der Waals surface area contributed by atoms with Gasteiger partial charge in [-0.3, -0.25) is 10.3 Å². The second kappa shape index (κ2) is 11.9. The van der Waals surface area contributed by atoms with E-state index >= 15 is 0 Å². The normalized spacial score (nSPS) is 11.0. The molecular weight excluding hydrogens is 370 g/mol. The van der Waals surface area contributed by atoms with Gasteiger partial charge in [0.2, 0.25) is 5.96 Å². The number of aliphatic imine (C=N–C) groups is 1. The number of hydrogen-bond acceptors (Lipinski definition) is 4. The van der Waals surface area contributed by atoms with Crippen LogP contribution >= 0.6 is 24.8 Å². The second-order valence-corrected chi connectivity index (χ2v) is 5.93. The lowest BCUT2D eigenvalue weighted by molar-refractivity contribution is 0.0563. The first-order valence-corrected chi connectivity index (χ1v) is 7.55. The number of hydrogen-bond donors (Lipinski definition) is 3. The van der Waals surface area contributed by atoms with Gasteiger partial charge in [0.15, 0.2) is 0 Å². The predicted molar refractivity (Wildman–Crippen MR) is 105 cm³/mol. The standard InChI is InChI=1S/C16H25FN4O2.2ClH/c1-5-19-14(21-15(22)23-16(2,3)4)20-13-7-6-11(8-9-18)10-12(13)17;;/h6-7,10H,5,8-9,18H2,1-4H3,(H2,19,20,21,22);2*1H. The lowest BCUT2D eigenvalue weighted by atomic mass is 10.1. The molecule has 0 saturated carbocycles. The maximum absolute atomic E-state index is 14.1. The van der Waals surface area contributed by atoms with E-state index < -0.39 is 17.5 Å². The van der Waals surface area contributed by atoms with Crippen LogP contribution in [-0.4, -0.2) is 30.7 Å². The molecule has 9 heteroatoms.